The second kappa shape index (κ2) is 10.8. The molecule has 0 atom stereocenters. The van der Waals surface area contributed by atoms with Crippen LogP contribution in [0, 0.1) is 10.8 Å². The van der Waals surface area contributed by atoms with Crippen molar-refractivity contribution in [3.63, 3.8) is 0 Å². The van der Waals surface area contributed by atoms with Gasteiger partial charge in [-0.1, -0.05) is 0 Å². The first kappa shape index (κ1) is 28.7. The summed E-state index contributed by atoms with van der Waals surface area (Å²) in [4.78, 5) is 0. The molecule has 0 amide bonds. The van der Waals surface area contributed by atoms with Gasteiger partial charge in [0.25, 0.3) is 0 Å². The van der Waals surface area contributed by atoms with Gasteiger partial charge in [-0.25, -0.2) is 0 Å². The molecular formula is C32H40Cl2Ti. The molecule has 0 aliphatic heterocycles. The van der Waals surface area contributed by atoms with E-state index in [1.165, 1.54) is 32.1 Å². The van der Waals surface area contributed by atoms with Crippen molar-refractivity contribution in [2.75, 3.05) is 0 Å². The monoisotopic (exact) mass is 542 g/mol. The summed E-state index contributed by atoms with van der Waals surface area (Å²) in [6.45, 7) is 14.6. The molecule has 35 heavy (non-hydrogen) atoms. The van der Waals surface area contributed by atoms with Crippen LogP contribution in [0.25, 0.3) is 0 Å². The number of fused-ring (bicyclic) bond motifs is 2. The molecule has 0 N–H and O–H groups in total. The Labute approximate surface area is 232 Å². The maximum absolute atomic E-state index is 2.56. The van der Waals surface area contributed by atoms with Crippen LogP contribution in [0.5, 0.6) is 0 Å². The third-order valence-corrected chi connectivity index (χ3v) is 14.0. The molecule has 5 aliphatic rings. The fourth-order valence-electron chi connectivity index (χ4n) is 6.54. The van der Waals surface area contributed by atoms with Gasteiger partial charge >= 0.3 is 208 Å². The quantitative estimate of drug-likeness (QED) is 0.470. The molecule has 0 saturated heterocycles. The Morgan fingerprint density at radius 3 is 1.51 bits per heavy atom. The van der Waals surface area contributed by atoms with Gasteiger partial charge in [0.2, 0.25) is 0 Å². The molecule has 3 heteroatoms. The fraction of sp³-hybridized carbons (Fsp3) is 0.469. The fourth-order valence-corrected chi connectivity index (χ4v) is 12.3. The third kappa shape index (κ3) is 5.11. The Hall–Kier alpha value is -0.916. The molecule has 0 unspecified atom stereocenters. The summed E-state index contributed by atoms with van der Waals surface area (Å²) in [5.74, 6) is 0. The summed E-state index contributed by atoms with van der Waals surface area (Å²) < 4.78 is 5.46. The van der Waals surface area contributed by atoms with Gasteiger partial charge < -0.3 is 24.8 Å². The van der Waals surface area contributed by atoms with E-state index in [-0.39, 0.29) is 35.6 Å². The van der Waals surface area contributed by atoms with E-state index in [4.69, 9.17) is 0 Å². The van der Waals surface area contributed by atoms with Crippen LogP contribution in [-0.4, -0.2) is 3.81 Å². The third-order valence-electron chi connectivity index (χ3n) is 8.45. The second-order valence-corrected chi connectivity index (χ2v) is 15.8. The molecule has 0 aromatic rings. The van der Waals surface area contributed by atoms with Crippen molar-refractivity contribution in [2.24, 2.45) is 10.8 Å². The van der Waals surface area contributed by atoms with E-state index in [0.29, 0.717) is 0 Å². The van der Waals surface area contributed by atoms with E-state index < -0.39 is 17.4 Å². The number of rotatable bonds is 2. The van der Waals surface area contributed by atoms with Gasteiger partial charge in [-0.3, -0.25) is 0 Å². The van der Waals surface area contributed by atoms with Gasteiger partial charge in [-0.15, -0.1) is 0 Å². The summed E-state index contributed by atoms with van der Waals surface area (Å²) in [5, 5.41) is 0. The Morgan fingerprint density at radius 1 is 0.657 bits per heavy atom. The minimum atomic E-state index is -1.90. The van der Waals surface area contributed by atoms with E-state index in [0.717, 1.165) is 12.8 Å². The minimum absolute atomic E-state index is 0. The molecule has 0 nitrogen and oxygen atoms in total. The van der Waals surface area contributed by atoms with E-state index in [2.05, 4.69) is 90.2 Å². The molecule has 5 aliphatic carbocycles. The van der Waals surface area contributed by atoms with Crippen molar-refractivity contribution in [3.05, 3.63) is 89.8 Å². The zero-order valence-electron chi connectivity index (χ0n) is 22.3. The van der Waals surface area contributed by atoms with Crippen molar-refractivity contribution in [1.82, 2.24) is 0 Å². The van der Waals surface area contributed by atoms with Crippen LogP contribution in [0.2, 0.25) is 0 Å². The molecule has 0 radical (unpaired) electrons. The summed E-state index contributed by atoms with van der Waals surface area (Å²) in [6.07, 6.45) is 28.7. The molecule has 0 aromatic heterocycles. The first-order valence-electron chi connectivity index (χ1n) is 13.0. The Bertz CT molecular complexity index is 1100. The van der Waals surface area contributed by atoms with Crippen LogP contribution < -0.4 is 24.8 Å². The number of hydrogen-bond acceptors (Lipinski definition) is 0. The smallest absolute Gasteiger partial charge is 1.00 e. The van der Waals surface area contributed by atoms with Crippen molar-refractivity contribution >= 4 is 3.81 Å². The number of allylic oxidation sites excluding steroid dienone is 16. The minimum Gasteiger partial charge on any atom is -1.00 e. The van der Waals surface area contributed by atoms with Crippen LogP contribution in [0.4, 0.5) is 0 Å². The zero-order valence-corrected chi connectivity index (χ0v) is 25.4. The van der Waals surface area contributed by atoms with E-state index in [1.54, 1.807) is 41.2 Å². The molecule has 0 aromatic carbocycles. The number of halogens is 2. The standard InChI is InChI=1S/2C13H15.C6H10.2ClH.Ti/c2*1-10-8-11-6-4-5-7-13(2,3)12(11)9-10;1-2-4-6-5-3-1;;;/h2*4-6,9H,7H2,1-3H3;1-5H2;2*1H;/q;;;;;+2/p-2. The first-order valence-corrected chi connectivity index (χ1v) is 15.4. The molecule has 1 saturated carbocycles. The zero-order chi connectivity index (χ0) is 23.4. The maximum atomic E-state index is 2.56. The average molecular weight is 543 g/mol. The van der Waals surface area contributed by atoms with Crippen LogP contribution in [0.15, 0.2) is 89.8 Å². The molecular weight excluding hydrogens is 503 g/mol. The van der Waals surface area contributed by atoms with Crippen molar-refractivity contribution in [2.45, 2.75) is 86.5 Å². The molecule has 186 valence electrons. The molecule has 0 heterocycles. The first-order chi connectivity index (χ1) is 15.7. The molecule has 1 fully saturated rings. The molecule has 0 spiro atoms. The summed E-state index contributed by atoms with van der Waals surface area (Å²) >= 11 is -1.90. The molecule has 0 bridgehead atoms. The van der Waals surface area contributed by atoms with E-state index in [1.807, 2.05) is 3.81 Å². The largest absolute Gasteiger partial charge is 1.00 e. The predicted octanol–water partition coefficient (Wildman–Crippen LogP) is 3.00. The van der Waals surface area contributed by atoms with Gasteiger partial charge in [0.15, 0.2) is 0 Å². The van der Waals surface area contributed by atoms with Crippen molar-refractivity contribution < 1.29 is 42.2 Å². The van der Waals surface area contributed by atoms with Gasteiger partial charge in [0.05, 0.1) is 0 Å². The van der Waals surface area contributed by atoms with E-state index >= 15 is 0 Å². The summed E-state index contributed by atoms with van der Waals surface area (Å²) in [7, 11) is 0. The van der Waals surface area contributed by atoms with Crippen LogP contribution >= 0.6 is 0 Å². The topological polar surface area (TPSA) is 0 Å². The Kier molecular flexibility index (Phi) is 8.86. The summed E-state index contributed by atoms with van der Waals surface area (Å²) in [5.41, 5.74) is 9.86. The van der Waals surface area contributed by atoms with Gasteiger partial charge in [0, 0.05) is 0 Å². The Morgan fingerprint density at radius 2 is 1.09 bits per heavy atom. The number of hydrogen-bond donors (Lipinski definition) is 0. The normalized spacial score (nSPS) is 24.0. The molecule has 5 rings (SSSR count). The Balaban J connectivity index is 0.00000171. The van der Waals surface area contributed by atoms with Gasteiger partial charge in [-0.2, -0.15) is 0 Å². The summed E-state index contributed by atoms with van der Waals surface area (Å²) in [6, 6.07) is 0. The van der Waals surface area contributed by atoms with Crippen LogP contribution in [0.3, 0.4) is 0 Å². The van der Waals surface area contributed by atoms with Gasteiger partial charge in [-0.05, 0) is 0 Å². The predicted molar refractivity (Wildman–Crippen MR) is 141 cm³/mol. The second-order valence-electron chi connectivity index (χ2n) is 12.0. The van der Waals surface area contributed by atoms with Crippen LogP contribution in [0.1, 0.15) is 86.5 Å². The van der Waals surface area contributed by atoms with Gasteiger partial charge in [0.1, 0.15) is 0 Å². The SMILES string of the molecule is CC1=[C]([Ti+2]([C]2=C(C)C=C3C2=CC=CCC3(C)C)=[C]2CCCCC2)C2=CC=CCC(C)(C)C2=C1.[Cl-].[Cl-]. The average Bonchev–Trinajstić information content (AvgIpc) is 3.18. The maximum Gasteiger partial charge on any atom is -1.00 e. The van der Waals surface area contributed by atoms with Crippen molar-refractivity contribution in [1.29, 1.82) is 0 Å². The van der Waals surface area contributed by atoms with Crippen molar-refractivity contribution in [3.8, 4) is 0 Å². The van der Waals surface area contributed by atoms with E-state index in [9.17, 15) is 0 Å². The van der Waals surface area contributed by atoms with Crippen LogP contribution in [-0.2, 0) is 17.4 Å².